The third kappa shape index (κ3) is 3.27. The van der Waals surface area contributed by atoms with Gasteiger partial charge < -0.3 is 14.4 Å². The minimum absolute atomic E-state index is 0.0114. The lowest BCUT2D eigenvalue weighted by Crippen LogP contribution is -2.51. The molecule has 2 heterocycles. The first kappa shape index (κ1) is 16.5. The average molecular weight is 328 g/mol. The number of nitrogens with zero attached hydrogens (tertiary/aromatic N) is 4. The minimum atomic E-state index is 0.0114. The minimum Gasteiger partial charge on any atom is -0.339 e. The second kappa shape index (κ2) is 6.63. The molecule has 1 saturated heterocycles. The molecule has 2 aromatic rings. The van der Waals surface area contributed by atoms with Gasteiger partial charge in [0.2, 0.25) is 11.8 Å². The maximum Gasteiger partial charge on any atom is 0.227 e. The van der Waals surface area contributed by atoms with Gasteiger partial charge in [0.05, 0.1) is 23.8 Å². The van der Waals surface area contributed by atoms with Crippen LogP contribution in [0.3, 0.4) is 0 Å². The van der Waals surface area contributed by atoms with Crippen LogP contribution in [0.25, 0.3) is 11.0 Å². The average Bonchev–Trinajstić information content (AvgIpc) is 2.95. The molecule has 2 amide bonds. The standard InChI is InChI=1S/C18H24N4O2/c1-13(2)18(24)22-8-6-21(7-9-22)17(23)11-14-4-5-16-15(10-14)19-12-20(16)3/h4-5,10,12-13H,6-9,11H2,1-3H3. The van der Waals surface area contributed by atoms with Gasteiger partial charge in [-0.25, -0.2) is 4.98 Å². The second-order valence-corrected chi connectivity index (χ2v) is 6.72. The van der Waals surface area contributed by atoms with Crippen molar-refractivity contribution in [1.82, 2.24) is 19.4 Å². The Bertz CT molecular complexity index is 757. The number of fused-ring (bicyclic) bond motifs is 1. The first-order valence-corrected chi connectivity index (χ1v) is 8.42. The van der Waals surface area contributed by atoms with Crippen molar-refractivity contribution in [3.05, 3.63) is 30.1 Å². The number of amides is 2. The molecule has 0 spiro atoms. The first-order valence-electron chi connectivity index (χ1n) is 8.42. The van der Waals surface area contributed by atoms with Crippen LogP contribution in [-0.2, 0) is 23.1 Å². The van der Waals surface area contributed by atoms with E-state index in [1.807, 2.05) is 53.5 Å². The van der Waals surface area contributed by atoms with Gasteiger partial charge in [-0.3, -0.25) is 9.59 Å². The second-order valence-electron chi connectivity index (χ2n) is 6.72. The van der Waals surface area contributed by atoms with Crippen LogP contribution >= 0.6 is 0 Å². The van der Waals surface area contributed by atoms with Gasteiger partial charge >= 0.3 is 0 Å². The van der Waals surface area contributed by atoms with E-state index in [2.05, 4.69) is 4.98 Å². The lowest BCUT2D eigenvalue weighted by molar-refractivity contribution is -0.141. The smallest absolute Gasteiger partial charge is 0.227 e. The zero-order chi connectivity index (χ0) is 17.3. The van der Waals surface area contributed by atoms with Gasteiger partial charge in [0.25, 0.3) is 0 Å². The molecule has 1 aromatic heterocycles. The van der Waals surface area contributed by atoms with Gasteiger partial charge in [-0.05, 0) is 17.7 Å². The molecule has 0 saturated carbocycles. The summed E-state index contributed by atoms with van der Waals surface area (Å²) in [6.45, 7) is 6.30. The molecule has 0 atom stereocenters. The highest BCUT2D eigenvalue weighted by Crippen LogP contribution is 2.15. The molecule has 1 fully saturated rings. The van der Waals surface area contributed by atoms with Crippen molar-refractivity contribution in [2.45, 2.75) is 20.3 Å². The highest BCUT2D eigenvalue weighted by molar-refractivity contribution is 5.82. The maximum atomic E-state index is 12.5. The molecule has 6 nitrogen and oxygen atoms in total. The summed E-state index contributed by atoms with van der Waals surface area (Å²) in [4.78, 5) is 32.6. The third-order valence-electron chi connectivity index (χ3n) is 4.58. The Hall–Kier alpha value is -2.37. The Labute approximate surface area is 142 Å². The van der Waals surface area contributed by atoms with Crippen LogP contribution in [0.15, 0.2) is 24.5 Å². The Morgan fingerprint density at radius 1 is 1.12 bits per heavy atom. The molecule has 1 aromatic carbocycles. The summed E-state index contributed by atoms with van der Waals surface area (Å²) in [6.07, 6.45) is 2.16. The Morgan fingerprint density at radius 3 is 2.46 bits per heavy atom. The van der Waals surface area contributed by atoms with Crippen molar-refractivity contribution in [2.75, 3.05) is 26.2 Å². The zero-order valence-electron chi connectivity index (χ0n) is 14.5. The van der Waals surface area contributed by atoms with Crippen molar-refractivity contribution in [1.29, 1.82) is 0 Å². The number of imidazole rings is 1. The molecular formula is C18H24N4O2. The highest BCUT2D eigenvalue weighted by atomic mass is 16.2. The normalized spacial score (nSPS) is 15.3. The summed E-state index contributed by atoms with van der Waals surface area (Å²) in [6, 6.07) is 5.97. The number of carbonyl (C=O) groups is 2. The number of benzene rings is 1. The van der Waals surface area contributed by atoms with E-state index < -0.39 is 0 Å². The SMILES string of the molecule is CC(C)C(=O)N1CCN(C(=O)Cc2ccc3c(c2)ncn3C)CC1. The van der Waals surface area contributed by atoms with Gasteiger partial charge in [0.1, 0.15) is 0 Å². The number of piperazine rings is 1. The highest BCUT2D eigenvalue weighted by Gasteiger charge is 2.25. The third-order valence-corrected chi connectivity index (χ3v) is 4.58. The number of aromatic nitrogens is 2. The van der Waals surface area contributed by atoms with Crippen LogP contribution in [-0.4, -0.2) is 57.3 Å². The van der Waals surface area contributed by atoms with Gasteiger partial charge in [0, 0.05) is 39.1 Å². The Kier molecular flexibility index (Phi) is 4.55. The molecule has 128 valence electrons. The van der Waals surface area contributed by atoms with E-state index in [9.17, 15) is 9.59 Å². The molecule has 6 heteroatoms. The van der Waals surface area contributed by atoms with Crippen molar-refractivity contribution >= 4 is 22.8 Å². The van der Waals surface area contributed by atoms with E-state index in [-0.39, 0.29) is 17.7 Å². The van der Waals surface area contributed by atoms with Crippen LogP contribution in [0.4, 0.5) is 0 Å². The van der Waals surface area contributed by atoms with E-state index >= 15 is 0 Å². The van der Waals surface area contributed by atoms with Crippen LogP contribution in [0.2, 0.25) is 0 Å². The zero-order valence-corrected chi connectivity index (χ0v) is 14.5. The fourth-order valence-corrected chi connectivity index (χ4v) is 3.12. The van der Waals surface area contributed by atoms with E-state index in [0.29, 0.717) is 32.6 Å². The van der Waals surface area contributed by atoms with E-state index in [1.54, 1.807) is 6.33 Å². The lowest BCUT2D eigenvalue weighted by Gasteiger charge is -2.35. The van der Waals surface area contributed by atoms with Gasteiger partial charge in [-0.1, -0.05) is 19.9 Å². The summed E-state index contributed by atoms with van der Waals surface area (Å²) in [5, 5.41) is 0. The monoisotopic (exact) mass is 328 g/mol. The predicted molar refractivity (Wildman–Crippen MR) is 92.4 cm³/mol. The Balaban J connectivity index is 1.60. The Morgan fingerprint density at radius 2 is 1.79 bits per heavy atom. The van der Waals surface area contributed by atoms with E-state index in [1.165, 1.54) is 0 Å². The van der Waals surface area contributed by atoms with Gasteiger partial charge in [-0.15, -0.1) is 0 Å². The lowest BCUT2D eigenvalue weighted by atomic mass is 10.1. The number of rotatable bonds is 3. The number of carbonyl (C=O) groups excluding carboxylic acids is 2. The molecule has 0 bridgehead atoms. The number of hydrogen-bond donors (Lipinski definition) is 0. The quantitative estimate of drug-likeness (QED) is 0.857. The number of aryl methyl sites for hydroxylation is 1. The molecule has 0 aliphatic carbocycles. The van der Waals surface area contributed by atoms with Gasteiger partial charge in [0.15, 0.2) is 0 Å². The fourth-order valence-electron chi connectivity index (χ4n) is 3.12. The van der Waals surface area contributed by atoms with Crippen LogP contribution < -0.4 is 0 Å². The summed E-state index contributed by atoms with van der Waals surface area (Å²) in [7, 11) is 1.96. The topological polar surface area (TPSA) is 58.4 Å². The summed E-state index contributed by atoms with van der Waals surface area (Å²) in [5.74, 6) is 0.294. The molecule has 3 rings (SSSR count). The molecule has 1 aliphatic heterocycles. The van der Waals surface area contributed by atoms with E-state index in [0.717, 1.165) is 16.6 Å². The fraction of sp³-hybridized carbons (Fsp3) is 0.500. The van der Waals surface area contributed by atoms with Crippen LogP contribution in [0.1, 0.15) is 19.4 Å². The summed E-state index contributed by atoms with van der Waals surface area (Å²) < 4.78 is 1.96. The number of hydrogen-bond acceptors (Lipinski definition) is 3. The summed E-state index contributed by atoms with van der Waals surface area (Å²) in [5.41, 5.74) is 2.95. The van der Waals surface area contributed by atoms with Crippen molar-refractivity contribution in [3.8, 4) is 0 Å². The van der Waals surface area contributed by atoms with Crippen molar-refractivity contribution in [3.63, 3.8) is 0 Å². The van der Waals surface area contributed by atoms with Gasteiger partial charge in [-0.2, -0.15) is 0 Å². The first-order chi connectivity index (χ1) is 11.5. The molecule has 24 heavy (non-hydrogen) atoms. The largest absolute Gasteiger partial charge is 0.339 e. The van der Waals surface area contributed by atoms with Crippen molar-refractivity contribution in [2.24, 2.45) is 13.0 Å². The molecule has 0 radical (unpaired) electrons. The van der Waals surface area contributed by atoms with E-state index in [4.69, 9.17) is 0 Å². The van der Waals surface area contributed by atoms with Crippen molar-refractivity contribution < 1.29 is 9.59 Å². The van der Waals surface area contributed by atoms with Crippen LogP contribution in [0.5, 0.6) is 0 Å². The molecule has 1 aliphatic rings. The molecular weight excluding hydrogens is 304 g/mol. The van der Waals surface area contributed by atoms with Crippen LogP contribution in [0, 0.1) is 5.92 Å². The molecule has 0 N–H and O–H groups in total. The summed E-state index contributed by atoms with van der Waals surface area (Å²) >= 11 is 0. The predicted octanol–water partition coefficient (Wildman–Crippen LogP) is 1.44. The molecule has 0 unspecified atom stereocenters. The maximum absolute atomic E-state index is 12.5.